The SMILES string of the molecule is Cc1cc(-c2n[nH]c(C3CCCCC3)n2)n(C)n1. The van der Waals surface area contributed by atoms with Gasteiger partial charge in [0.15, 0.2) is 5.82 Å². The van der Waals surface area contributed by atoms with E-state index in [0.717, 1.165) is 23.0 Å². The molecule has 0 radical (unpaired) electrons. The molecule has 2 aromatic rings. The van der Waals surface area contributed by atoms with E-state index in [4.69, 9.17) is 0 Å². The third-order valence-corrected chi connectivity index (χ3v) is 3.73. The molecule has 0 spiro atoms. The van der Waals surface area contributed by atoms with Gasteiger partial charge in [0.05, 0.1) is 5.69 Å². The van der Waals surface area contributed by atoms with E-state index in [1.165, 1.54) is 32.1 Å². The summed E-state index contributed by atoms with van der Waals surface area (Å²) in [6.07, 6.45) is 6.45. The normalized spacial score (nSPS) is 17.2. The van der Waals surface area contributed by atoms with Gasteiger partial charge in [-0.3, -0.25) is 9.78 Å². The highest BCUT2D eigenvalue weighted by molar-refractivity contribution is 5.49. The number of nitrogens with zero attached hydrogens (tertiary/aromatic N) is 4. The van der Waals surface area contributed by atoms with Crippen LogP contribution in [0.1, 0.15) is 49.5 Å². The summed E-state index contributed by atoms with van der Waals surface area (Å²) in [6.45, 7) is 1.98. The molecule has 1 aliphatic carbocycles. The Morgan fingerprint density at radius 2 is 2.06 bits per heavy atom. The number of nitrogens with one attached hydrogen (secondary N) is 1. The van der Waals surface area contributed by atoms with Crippen LogP contribution in [0.25, 0.3) is 11.5 Å². The molecule has 1 fully saturated rings. The maximum atomic E-state index is 4.65. The van der Waals surface area contributed by atoms with Crippen molar-refractivity contribution >= 4 is 0 Å². The molecular weight excluding hydrogens is 226 g/mol. The van der Waals surface area contributed by atoms with Crippen LogP contribution < -0.4 is 0 Å². The Labute approximate surface area is 107 Å². The zero-order chi connectivity index (χ0) is 12.5. The Bertz CT molecular complexity index is 533. The van der Waals surface area contributed by atoms with Crippen LogP contribution in [-0.2, 0) is 7.05 Å². The Kier molecular flexibility index (Phi) is 2.89. The molecular formula is C13H19N5. The molecule has 1 aliphatic rings. The van der Waals surface area contributed by atoms with E-state index < -0.39 is 0 Å². The van der Waals surface area contributed by atoms with Crippen molar-refractivity contribution in [2.45, 2.75) is 44.9 Å². The summed E-state index contributed by atoms with van der Waals surface area (Å²) in [7, 11) is 1.93. The topological polar surface area (TPSA) is 59.4 Å². The molecule has 2 aromatic heterocycles. The van der Waals surface area contributed by atoms with Crippen molar-refractivity contribution in [3.63, 3.8) is 0 Å². The summed E-state index contributed by atoms with van der Waals surface area (Å²) in [5.74, 6) is 2.37. The molecule has 0 bridgehead atoms. The van der Waals surface area contributed by atoms with Gasteiger partial charge in [-0.05, 0) is 25.8 Å². The maximum absolute atomic E-state index is 4.65. The second-order valence-corrected chi connectivity index (χ2v) is 5.17. The lowest BCUT2D eigenvalue weighted by molar-refractivity contribution is 0.429. The van der Waals surface area contributed by atoms with Crippen molar-refractivity contribution in [3.8, 4) is 11.5 Å². The van der Waals surface area contributed by atoms with Gasteiger partial charge in [0.2, 0.25) is 0 Å². The van der Waals surface area contributed by atoms with Crippen molar-refractivity contribution in [1.29, 1.82) is 0 Å². The molecule has 1 saturated carbocycles. The second kappa shape index (κ2) is 4.55. The number of hydrogen-bond acceptors (Lipinski definition) is 3. The fourth-order valence-corrected chi connectivity index (χ4v) is 2.77. The molecule has 0 aliphatic heterocycles. The van der Waals surface area contributed by atoms with Crippen LogP contribution >= 0.6 is 0 Å². The summed E-state index contributed by atoms with van der Waals surface area (Å²) < 4.78 is 1.84. The minimum Gasteiger partial charge on any atom is -0.264 e. The molecule has 96 valence electrons. The average Bonchev–Trinajstić information content (AvgIpc) is 2.97. The highest BCUT2D eigenvalue weighted by Gasteiger charge is 2.20. The first-order valence-corrected chi connectivity index (χ1v) is 6.67. The number of H-pyrrole nitrogens is 1. The zero-order valence-corrected chi connectivity index (χ0v) is 11.0. The van der Waals surface area contributed by atoms with Gasteiger partial charge >= 0.3 is 0 Å². The summed E-state index contributed by atoms with van der Waals surface area (Å²) >= 11 is 0. The second-order valence-electron chi connectivity index (χ2n) is 5.17. The predicted octanol–water partition coefficient (Wildman–Crippen LogP) is 2.56. The van der Waals surface area contributed by atoms with Crippen molar-refractivity contribution in [2.24, 2.45) is 7.05 Å². The molecule has 0 saturated heterocycles. The van der Waals surface area contributed by atoms with Crippen molar-refractivity contribution in [1.82, 2.24) is 25.0 Å². The van der Waals surface area contributed by atoms with Gasteiger partial charge in [-0.2, -0.15) is 10.2 Å². The lowest BCUT2D eigenvalue weighted by Crippen LogP contribution is -2.06. The number of aryl methyl sites for hydroxylation is 2. The van der Waals surface area contributed by atoms with Crippen molar-refractivity contribution < 1.29 is 0 Å². The van der Waals surface area contributed by atoms with Crippen molar-refractivity contribution in [3.05, 3.63) is 17.6 Å². The lowest BCUT2D eigenvalue weighted by atomic mass is 9.89. The maximum Gasteiger partial charge on any atom is 0.199 e. The molecule has 2 heterocycles. The largest absolute Gasteiger partial charge is 0.264 e. The van der Waals surface area contributed by atoms with Gasteiger partial charge in [0.25, 0.3) is 0 Å². The number of rotatable bonds is 2. The van der Waals surface area contributed by atoms with Gasteiger partial charge in [0.1, 0.15) is 11.5 Å². The highest BCUT2D eigenvalue weighted by Crippen LogP contribution is 2.31. The highest BCUT2D eigenvalue weighted by atomic mass is 15.3. The van der Waals surface area contributed by atoms with Crippen molar-refractivity contribution in [2.75, 3.05) is 0 Å². The van der Waals surface area contributed by atoms with Gasteiger partial charge < -0.3 is 0 Å². The molecule has 0 atom stereocenters. The molecule has 5 heteroatoms. The third-order valence-electron chi connectivity index (χ3n) is 3.73. The summed E-state index contributed by atoms with van der Waals surface area (Å²) in [5, 5.41) is 11.8. The van der Waals surface area contributed by atoms with E-state index in [0.29, 0.717) is 5.92 Å². The molecule has 18 heavy (non-hydrogen) atoms. The predicted molar refractivity (Wildman–Crippen MR) is 69.1 cm³/mol. The van der Waals surface area contributed by atoms with Crippen LogP contribution in [0.15, 0.2) is 6.07 Å². The smallest absolute Gasteiger partial charge is 0.199 e. The number of aromatic nitrogens is 5. The van der Waals surface area contributed by atoms with Crippen LogP contribution in [0.5, 0.6) is 0 Å². The first-order chi connectivity index (χ1) is 8.74. The van der Waals surface area contributed by atoms with Crippen LogP contribution in [0, 0.1) is 6.92 Å². The minimum atomic E-state index is 0.564. The van der Waals surface area contributed by atoms with Crippen LogP contribution in [-0.4, -0.2) is 25.0 Å². The fraction of sp³-hybridized carbons (Fsp3) is 0.615. The first kappa shape index (κ1) is 11.4. The summed E-state index contributed by atoms with van der Waals surface area (Å²) in [6, 6.07) is 2.02. The fourth-order valence-electron chi connectivity index (χ4n) is 2.77. The third kappa shape index (κ3) is 2.05. The van der Waals surface area contributed by atoms with E-state index in [-0.39, 0.29) is 0 Å². The Hall–Kier alpha value is -1.65. The molecule has 0 aromatic carbocycles. The van der Waals surface area contributed by atoms with Gasteiger partial charge in [-0.1, -0.05) is 19.3 Å². The van der Waals surface area contributed by atoms with Gasteiger partial charge in [0, 0.05) is 13.0 Å². The first-order valence-electron chi connectivity index (χ1n) is 6.67. The molecule has 1 N–H and O–H groups in total. The van der Waals surface area contributed by atoms with E-state index in [2.05, 4.69) is 20.3 Å². The monoisotopic (exact) mass is 245 g/mol. The number of hydrogen-bond donors (Lipinski definition) is 1. The molecule has 0 unspecified atom stereocenters. The summed E-state index contributed by atoms with van der Waals surface area (Å²) in [5.41, 5.74) is 1.97. The zero-order valence-electron chi connectivity index (χ0n) is 11.0. The Balaban J connectivity index is 1.86. The Morgan fingerprint density at radius 1 is 1.28 bits per heavy atom. The van der Waals surface area contributed by atoms with Gasteiger partial charge in [-0.25, -0.2) is 4.98 Å². The standard InChI is InChI=1S/C13H19N5/c1-9-8-11(18(2)17-9)13-14-12(15-16-13)10-6-4-3-5-7-10/h8,10H,3-7H2,1-2H3,(H,14,15,16). The quantitative estimate of drug-likeness (QED) is 0.884. The molecule has 5 nitrogen and oxygen atoms in total. The van der Waals surface area contributed by atoms with Crippen LogP contribution in [0.2, 0.25) is 0 Å². The lowest BCUT2D eigenvalue weighted by Gasteiger charge is -2.18. The van der Waals surface area contributed by atoms with Crippen LogP contribution in [0.4, 0.5) is 0 Å². The van der Waals surface area contributed by atoms with E-state index in [1.807, 2.05) is 24.7 Å². The van der Waals surface area contributed by atoms with E-state index >= 15 is 0 Å². The number of aromatic amines is 1. The Morgan fingerprint density at radius 3 is 2.72 bits per heavy atom. The average molecular weight is 245 g/mol. The summed E-state index contributed by atoms with van der Waals surface area (Å²) in [4.78, 5) is 4.65. The van der Waals surface area contributed by atoms with E-state index in [1.54, 1.807) is 0 Å². The van der Waals surface area contributed by atoms with Gasteiger partial charge in [-0.15, -0.1) is 0 Å². The molecule has 0 amide bonds. The van der Waals surface area contributed by atoms with Crippen LogP contribution in [0.3, 0.4) is 0 Å². The minimum absolute atomic E-state index is 0.564. The molecule has 3 rings (SSSR count). The van der Waals surface area contributed by atoms with E-state index in [9.17, 15) is 0 Å².